The van der Waals surface area contributed by atoms with Crippen molar-refractivity contribution in [3.63, 3.8) is 0 Å². The summed E-state index contributed by atoms with van der Waals surface area (Å²) in [4.78, 5) is 28.4. The first-order chi connectivity index (χ1) is 12.1. The average Bonchev–Trinajstić information content (AvgIpc) is 2.60. The van der Waals surface area contributed by atoms with Crippen LogP contribution in [0.15, 0.2) is 24.3 Å². The molecule has 1 saturated heterocycles. The molecule has 7 heteroatoms. The lowest BCUT2D eigenvalue weighted by atomic mass is 10.1. The smallest absolute Gasteiger partial charge is 0.237 e. The summed E-state index contributed by atoms with van der Waals surface area (Å²) < 4.78 is 19.0. The van der Waals surface area contributed by atoms with E-state index in [2.05, 4.69) is 5.32 Å². The highest BCUT2D eigenvalue weighted by atomic mass is 19.1. The summed E-state index contributed by atoms with van der Waals surface area (Å²) in [6, 6.07) is 5.93. The normalized spacial score (nSPS) is 18.0. The Morgan fingerprint density at radius 2 is 2.20 bits per heavy atom. The largest absolute Gasteiger partial charge is 0.383 e. The molecule has 0 saturated carbocycles. The van der Waals surface area contributed by atoms with Crippen LogP contribution in [0.25, 0.3) is 0 Å². The predicted molar refractivity (Wildman–Crippen MR) is 92.4 cm³/mol. The Morgan fingerprint density at radius 3 is 2.88 bits per heavy atom. The van der Waals surface area contributed by atoms with Gasteiger partial charge in [-0.2, -0.15) is 0 Å². The summed E-state index contributed by atoms with van der Waals surface area (Å²) in [7, 11) is 1.59. The van der Waals surface area contributed by atoms with Crippen molar-refractivity contribution in [2.24, 2.45) is 0 Å². The number of likely N-dealkylation sites (N-methyl/N-ethyl adjacent to an activating group) is 1. The Labute approximate surface area is 147 Å². The van der Waals surface area contributed by atoms with E-state index in [-0.39, 0.29) is 24.1 Å². The Kier molecular flexibility index (Phi) is 7.33. The predicted octanol–water partition coefficient (Wildman–Crippen LogP) is 1.01. The van der Waals surface area contributed by atoms with Crippen LogP contribution in [-0.4, -0.2) is 67.6 Å². The first-order valence-electron chi connectivity index (χ1n) is 8.58. The highest BCUT2D eigenvalue weighted by Crippen LogP contribution is 2.17. The highest BCUT2D eigenvalue weighted by molar-refractivity contribution is 5.88. The Morgan fingerprint density at radius 1 is 1.44 bits per heavy atom. The number of nitrogens with zero attached hydrogens (tertiary/aromatic N) is 2. The van der Waals surface area contributed by atoms with Crippen LogP contribution in [0.1, 0.15) is 18.9 Å². The zero-order valence-electron chi connectivity index (χ0n) is 14.8. The molecule has 1 aliphatic heterocycles. The maximum absolute atomic E-state index is 13.9. The number of hydrogen-bond acceptors (Lipinski definition) is 4. The molecule has 25 heavy (non-hydrogen) atoms. The second-order valence-corrected chi connectivity index (χ2v) is 6.04. The number of piperazine rings is 1. The Bertz CT molecular complexity index is 597. The number of halogens is 1. The van der Waals surface area contributed by atoms with Crippen LogP contribution >= 0.6 is 0 Å². The minimum absolute atomic E-state index is 0.0812. The van der Waals surface area contributed by atoms with Gasteiger partial charge in [-0.05, 0) is 13.0 Å². The van der Waals surface area contributed by atoms with E-state index in [9.17, 15) is 14.0 Å². The summed E-state index contributed by atoms with van der Waals surface area (Å²) in [6.45, 7) is 4.79. The van der Waals surface area contributed by atoms with Crippen LogP contribution in [0.4, 0.5) is 4.39 Å². The van der Waals surface area contributed by atoms with Gasteiger partial charge in [-0.1, -0.05) is 18.2 Å². The van der Waals surface area contributed by atoms with Gasteiger partial charge in [0.25, 0.3) is 0 Å². The molecule has 138 valence electrons. The Balaban J connectivity index is 2.07. The summed E-state index contributed by atoms with van der Waals surface area (Å²) in [5, 5.41) is 2.80. The molecule has 0 aliphatic carbocycles. The molecule has 1 aromatic carbocycles. The standard InChI is InChI=1S/C18H26FN3O3/c1-3-21(10-11-25-2)17(23)12-16-18(24)20-8-9-22(16)13-14-6-4-5-7-15(14)19/h4-7,16H,3,8-13H2,1-2H3,(H,20,24). The van der Waals surface area contributed by atoms with E-state index >= 15 is 0 Å². The van der Waals surface area contributed by atoms with Gasteiger partial charge in [-0.25, -0.2) is 4.39 Å². The van der Waals surface area contributed by atoms with Crippen LogP contribution in [0, 0.1) is 5.82 Å². The van der Waals surface area contributed by atoms with Crippen LogP contribution in [-0.2, 0) is 20.9 Å². The fraction of sp³-hybridized carbons (Fsp3) is 0.556. The minimum atomic E-state index is -0.586. The molecule has 6 nitrogen and oxygen atoms in total. The molecule has 0 spiro atoms. The van der Waals surface area contributed by atoms with Gasteiger partial charge >= 0.3 is 0 Å². The van der Waals surface area contributed by atoms with Crippen molar-refractivity contribution in [2.45, 2.75) is 25.9 Å². The van der Waals surface area contributed by atoms with Crippen molar-refractivity contribution < 1.29 is 18.7 Å². The van der Waals surface area contributed by atoms with Gasteiger partial charge in [0.1, 0.15) is 5.82 Å². The summed E-state index contributed by atoms with van der Waals surface area (Å²) in [6.07, 6.45) is 0.0812. The van der Waals surface area contributed by atoms with Gasteiger partial charge in [-0.15, -0.1) is 0 Å². The first kappa shape index (κ1) is 19.3. The third-order valence-corrected chi connectivity index (χ3v) is 4.44. The molecule has 1 unspecified atom stereocenters. The molecule has 2 rings (SSSR count). The monoisotopic (exact) mass is 351 g/mol. The molecule has 0 bridgehead atoms. The van der Waals surface area contributed by atoms with Gasteiger partial charge in [-0.3, -0.25) is 14.5 Å². The summed E-state index contributed by atoms with van der Waals surface area (Å²) >= 11 is 0. The zero-order valence-corrected chi connectivity index (χ0v) is 14.8. The number of carbonyl (C=O) groups excluding carboxylic acids is 2. The van der Waals surface area contributed by atoms with E-state index in [0.29, 0.717) is 44.9 Å². The number of methoxy groups -OCH3 is 1. The van der Waals surface area contributed by atoms with Crippen molar-refractivity contribution in [3.8, 4) is 0 Å². The lowest BCUT2D eigenvalue weighted by Crippen LogP contribution is -2.56. The number of nitrogens with one attached hydrogen (secondary N) is 1. The summed E-state index contributed by atoms with van der Waals surface area (Å²) in [5.74, 6) is -0.576. The maximum Gasteiger partial charge on any atom is 0.237 e. The minimum Gasteiger partial charge on any atom is -0.383 e. The van der Waals surface area contributed by atoms with Crippen molar-refractivity contribution in [3.05, 3.63) is 35.6 Å². The molecule has 1 aliphatic rings. The van der Waals surface area contributed by atoms with Gasteiger partial charge in [0.2, 0.25) is 11.8 Å². The van der Waals surface area contributed by atoms with E-state index in [1.54, 1.807) is 30.2 Å². The zero-order chi connectivity index (χ0) is 18.2. The van der Waals surface area contributed by atoms with E-state index in [0.717, 1.165) is 0 Å². The molecule has 2 amide bonds. The number of benzene rings is 1. The first-order valence-corrected chi connectivity index (χ1v) is 8.58. The number of carbonyl (C=O) groups is 2. The average molecular weight is 351 g/mol. The quantitative estimate of drug-likeness (QED) is 0.759. The maximum atomic E-state index is 13.9. The van der Waals surface area contributed by atoms with Gasteiger partial charge in [0.15, 0.2) is 0 Å². The molecule has 0 aromatic heterocycles. The van der Waals surface area contributed by atoms with Crippen molar-refractivity contribution in [1.82, 2.24) is 15.1 Å². The molecule has 1 aromatic rings. The lowest BCUT2D eigenvalue weighted by molar-refractivity contribution is -0.139. The summed E-state index contributed by atoms with van der Waals surface area (Å²) in [5.41, 5.74) is 0.529. The molecular formula is C18H26FN3O3. The van der Waals surface area contributed by atoms with E-state index < -0.39 is 6.04 Å². The van der Waals surface area contributed by atoms with Crippen molar-refractivity contribution >= 4 is 11.8 Å². The van der Waals surface area contributed by atoms with Crippen LogP contribution in [0.3, 0.4) is 0 Å². The fourth-order valence-electron chi connectivity index (χ4n) is 2.97. The van der Waals surface area contributed by atoms with E-state index in [4.69, 9.17) is 4.74 Å². The number of rotatable bonds is 8. The van der Waals surface area contributed by atoms with Crippen molar-refractivity contribution in [1.29, 1.82) is 0 Å². The topological polar surface area (TPSA) is 61.9 Å². The third kappa shape index (κ3) is 5.24. The molecule has 1 atom stereocenters. The van der Waals surface area contributed by atoms with Crippen LogP contribution < -0.4 is 5.32 Å². The van der Waals surface area contributed by atoms with Crippen LogP contribution in [0.5, 0.6) is 0 Å². The second kappa shape index (κ2) is 9.48. The number of amides is 2. The Hall–Kier alpha value is -1.99. The fourth-order valence-corrected chi connectivity index (χ4v) is 2.97. The third-order valence-electron chi connectivity index (χ3n) is 4.44. The van der Waals surface area contributed by atoms with Crippen molar-refractivity contribution in [2.75, 3.05) is 39.9 Å². The molecule has 1 fully saturated rings. The number of hydrogen-bond donors (Lipinski definition) is 1. The van der Waals surface area contributed by atoms with Crippen LogP contribution in [0.2, 0.25) is 0 Å². The SMILES string of the molecule is CCN(CCOC)C(=O)CC1C(=O)NCCN1Cc1ccccc1F. The van der Waals surface area contributed by atoms with E-state index in [1.807, 2.05) is 11.8 Å². The molecule has 1 heterocycles. The second-order valence-electron chi connectivity index (χ2n) is 6.04. The van der Waals surface area contributed by atoms with Gasteiger partial charge in [0.05, 0.1) is 19.1 Å². The number of ether oxygens (including phenoxy) is 1. The van der Waals surface area contributed by atoms with Gasteiger partial charge < -0.3 is 15.0 Å². The molecule has 1 N–H and O–H groups in total. The van der Waals surface area contributed by atoms with E-state index in [1.165, 1.54) is 6.07 Å². The molecule has 0 radical (unpaired) electrons. The lowest BCUT2D eigenvalue weighted by Gasteiger charge is -2.35. The van der Waals surface area contributed by atoms with Gasteiger partial charge in [0, 0.05) is 45.4 Å². The molecular weight excluding hydrogens is 325 g/mol. The highest BCUT2D eigenvalue weighted by Gasteiger charge is 2.33.